The van der Waals surface area contributed by atoms with Gasteiger partial charge >= 0.3 is 6.18 Å². The highest BCUT2D eigenvalue weighted by atomic mass is 32.1. The van der Waals surface area contributed by atoms with Crippen molar-refractivity contribution in [3.8, 4) is 10.6 Å². The molecule has 0 saturated carbocycles. The molecule has 0 radical (unpaired) electrons. The van der Waals surface area contributed by atoms with E-state index in [1.54, 1.807) is 0 Å². The van der Waals surface area contributed by atoms with Crippen molar-refractivity contribution in [3.63, 3.8) is 0 Å². The third kappa shape index (κ3) is 6.08. The van der Waals surface area contributed by atoms with E-state index in [0.29, 0.717) is 18.7 Å². The first-order valence-electron chi connectivity index (χ1n) is 11.2. The fraction of sp³-hybridized carbons (Fsp3) is 0.565. The number of amides is 1. The van der Waals surface area contributed by atoms with Gasteiger partial charge in [-0.2, -0.15) is 13.2 Å². The van der Waals surface area contributed by atoms with Crippen molar-refractivity contribution < 1.29 is 18.0 Å². The number of rotatable bonds is 5. The van der Waals surface area contributed by atoms with E-state index in [4.69, 9.17) is 0 Å². The molecular formula is C23H29F3N4OS. The van der Waals surface area contributed by atoms with E-state index in [-0.39, 0.29) is 5.91 Å². The molecule has 174 valence electrons. The number of likely N-dealkylation sites (tertiary alicyclic amines) is 1. The molecule has 9 heteroatoms. The summed E-state index contributed by atoms with van der Waals surface area (Å²) in [6, 6.07) is 5.15. The maximum atomic E-state index is 12.8. The first-order valence-corrected chi connectivity index (χ1v) is 12.1. The molecular weight excluding hydrogens is 437 g/mol. The third-order valence-electron chi connectivity index (χ3n) is 6.18. The Balaban J connectivity index is 1.25. The van der Waals surface area contributed by atoms with Crippen molar-refractivity contribution in [1.82, 2.24) is 19.7 Å². The summed E-state index contributed by atoms with van der Waals surface area (Å²) in [7, 11) is 0. The van der Waals surface area contributed by atoms with Gasteiger partial charge in [0.2, 0.25) is 5.91 Å². The van der Waals surface area contributed by atoms with E-state index >= 15 is 0 Å². The van der Waals surface area contributed by atoms with Crippen LogP contribution in [0, 0.1) is 0 Å². The van der Waals surface area contributed by atoms with Gasteiger partial charge in [-0.25, -0.2) is 4.98 Å². The van der Waals surface area contributed by atoms with Gasteiger partial charge in [0.05, 0.1) is 17.8 Å². The lowest BCUT2D eigenvalue weighted by atomic mass is 10.1. The van der Waals surface area contributed by atoms with E-state index in [2.05, 4.69) is 14.8 Å². The van der Waals surface area contributed by atoms with Crippen molar-refractivity contribution in [2.24, 2.45) is 0 Å². The number of hydrogen-bond donors (Lipinski definition) is 0. The van der Waals surface area contributed by atoms with Gasteiger partial charge in [-0.3, -0.25) is 14.6 Å². The molecule has 0 atom stereocenters. The molecule has 4 rings (SSSR count). The second-order valence-corrected chi connectivity index (χ2v) is 9.42. The van der Waals surface area contributed by atoms with Gasteiger partial charge in [0.25, 0.3) is 0 Å². The van der Waals surface area contributed by atoms with Crippen LogP contribution in [0.15, 0.2) is 29.6 Å². The number of benzene rings is 1. The first-order chi connectivity index (χ1) is 15.4. The molecule has 2 aliphatic heterocycles. The van der Waals surface area contributed by atoms with Gasteiger partial charge in [-0.1, -0.05) is 25.0 Å². The summed E-state index contributed by atoms with van der Waals surface area (Å²) in [4.78, 5) is 23.8. The zero-order chi connectivity index (χ0) is 22.6. The molecule has 0 N–H and O–H groups in total. The molecule has 32 heavy (non-hydrogen) atoms. The lowest BCUT2D eigenvalue weighted by molar-refractivity contribution is -0.137. The predicted molar refractivity (Wildman–Crippen MR) is 119 cm³/mol. The zero-order valence-electron chi connectivity index (χ0n) is 18.1. The standard InChI is InChI=1S/C23H29F3N4OS/c24-23(25,26)19-7-5-18(6-8-19)22-27-20(17-32-22)15-28-11-13-29(14-12-28)16-21(31)30-9-3-1-2-4-10-30/h5-8,17H,1-4,9-16H2. The molecule has 5 nitrogen and oxygen atoms in total. The van der Waals surface area contributed by atoms with Gasteiger partial charge in [0.1, 0.15) is 5.01 Å². The van der Waals surface area contributed by atoms with Crippen LogP contribution in [0.2, 0.25) is 0 Å². The fourth-order valence-electron chi connectivity index (χ4n) is 4.26. The van der Waals surface area contributed by atoms with Gasteiger partial charge in [-0.05, 0) is 25.0 Å². The molecule has 1 aromatic heterocycles. The second kappa shape index (κ2) is 10.3. The number of aromatic nitrogens is 1. The highest BCUT2D eigenvalue weighted by Gasteiger charge is 2.30. The van der Waals surface area contributed by atoms with Crippen LogP contribution in [0.25, 0.3) is 10.6 Å². The Kier molecular flexibility index (Phi) is 7.48. The smallest absolute Gasteiger partial charge is 0.342 e. The first kappa shape index (κ1) is 23.2. The molecule has 0 bridgehead atoms. The van der Waals surface area contributed by atoms with Crippen LogP contribution >= 0.6 is 11.3 Å². The van der Waals surface area contributed by atoms with E-state index in [0.717, 1.165) is 74.9 Å². The van der Waals surface area contributed by atoms with Crippen molar-refractivity contribution >= 4 is 17.2 Å². The van der Waals surface area contributed by atoms with Gasteiger partial charge in [0.15, 0.2) is 0 Å². The molecule has 1 amide bonds. The number of thiazole rings is 1. The Morgan fingerprint density at radius 2 is 1.53 bits per heavy atom. The highest BCUT2D eigenvalue weighted by Crippen LogP contribution is 2.32. The minimum absolute atomic E-state index is 0.251. The Hall–Kier alpha value is -1.97. The van der Waals surface area contributed by atoms with Gasteiger partial charge in [0, 0.05) is 56.8 Å². The Morgan fingerprint density at radius 3 is 2.16 bits per heavy atom. The van der Waals surface area contributed by atoms with Crippen LogP contribution in [0.4, 0.5) is 13.2 Å². The van der Waals surface area contributed by atoms with Gasteiger partial charge in [-0.15, -0.1) is 11.3 Å². The van der Waals surface area contributed by atoms with E-state index in [9.17, 15) is 18.0 Å². The van der Waals surface area contributed by atoms with E-state index in [1.165, 1.54) is 36.3 Å². The Morgan fingerprint density at radius 1 is 0.906 bits per heavy atom. The lowest BCUT2D eigenvalue weighted by Gasteiger charge is -2.35. The molecule has 0 spiro atoms. The average Bonchev–Trinajstić information content (AvgIpc) is 3.06. The molecule has 2 saturated heterocycles. The van der Waals surface area contributed by atoms with Crippen LogP contribution in [0.1, 0.15) is 36.9 Å². The molecule has 3 heterocycles. The highest BCUT2D eigenvalue weighted by molar-refractivity contribution is 7.13. The van der Waals surface area contributed by atoms with Crippen LogP contribution in [0.5, 0.6) is 0 Å². The summed E-state index contributed by atoms with van der Waals surface area (Å²) >= 11 is 1.45. The number of carbonyl (C=O) groups excluding carboxylic acids is 1. The quantitative estimate of drug-likeness (QED) is 0.657. The summed E-state index contributed by atoms with van der Waals surface area (Å²) in [5.74, 6) is 0.251. The number of alkyl halides is 3. The SMILES string of the molecule is O=C(CN1CCN(Cc2csc(-c3ccc(C(F)(F)F)cc3)n2)CC1)N1CCCCCC1. The lowest BCUT2D eigenvalue weighted by Crippen LogP contribution is -2.49. The zero-order valence-corrected chi connectivity index (χ0v) is 18.9. The molecule has 1 aromatic carbocycles. The predicted octanol–water partition coefficient (Wildman–Crippen LogP) is 4.35. The number of halogens is 3. The van der Waals surface area contributed by atoms with Crippen LogP contribution in [-0.2, 0) is 17.5 Å². The van der Waals surface area contributed by atoms with E-state index < -0.39 is 11.7 Å². The number of hydrogen-bond acceptors (Lipinski definition) is 5. The topological polar surface area (TPSA) is 39.7 Å². The summed E-state index contributed by atoms with van der Waals surface area (Å²) in [6.07, 6.45) is 0.342. The minimum atomic E-state index is -4.33. The van der Waals surface area contributed by atoms with Crippen LogP contribution in [0.3, 0.4) is 0 Å². The Bertz CT molecular complexity index is 883. The summed E-state index contributed by atoms with van der Waals surface area (Å²) in [5.41, 5.74) is 0.982. The summed E-state index contributed by atoms with van der Waals surface area (Å²) < 4.78 is 38.3. The maximum absolute atomic E-state index is 12.8. The molecule has 2 aliphatic rings. The third-order valence-corrected chi connectivity index (χ3v) is 7.12. The van der Waals surface area contributed by atoms with Crippen molar-refractivity contribution in [1.29, 1.82) is 0 Å². The average molecular weight is 467 g/mol. The number of nitrogens with zero attached hydrogens (tertiary/aromatic N) is 4. The monoisotopic (exact) mass is 466 g/mol. The van der Waals surface area contributed by atoms with E-state index in [1.807, 2.05) is 10.3 Å². The fourth-order valence-corrected chi connectivity index (χ4v) is 5.08. The minimum Gasteiger partial charge on any atom is -0.342 e. The largest absolute Gasteiger partial charge is 0.416 e. The molecule has 0 aliphatic carbocycles. The Labute approximate surface area is 190 Å². The second-order valence-electron chi connectivity index (χ2n) is 8.57. The molecule has 0 unspecified atom stereocenters. The normalized spacial score (nSPS) is 19.2. The van der Waals surface area contributed by atoms with Crippen molar-refractivity contribution in [2.75, 3.05) is 45.8 Å². The maximum Gasteiger partial charge on any atom is 0.416 e. The molecule has 2 fully saturated rings. The summed E-state index contributed by atoms with van der Waals surface area (Å²) in [5, 5.41) is 2.71. The summed E-state index contributed by atoms with van der Waals surface area (Å²) in [6.45, 7) is 6.47. The van der Waals surface area contributed by atoms with Crippen molar-refractivity contribution in [2.45, 2.75) is 38.4 Å². The number of piperazine rings is 1. The molecule has 2 aromatic rings. The van der Waals surface area contributed by atoms with Crippen molar-refractivity contribution in [3.05, 3.63) is 40.9 Å². The number of carbonyl (C=O) groups is 1. The van der Waals surface area contributed by atoms with Gasteiger partial charge < -0.3 is 4.90 Å². The van der Waals surface area contributed by atoms with Crippen LogP contribution in [-0.4, -0.2) is 71.4 Å². The van der Waals surface area contributed by atoms with Crippen LogP contribution < -0.4 is 0 Å².